The molecule has 7 fully saturated rings. The Morgan fingerprint density at radius 2 is 1.84 bits per heavy atom. The molecule has 0 aromatic rings. The summed E-state index contributed by atoms with van der Waals surface area (Å²) in [6, 6.07) is 0. The van der Waals surface area contributed by atoms with Gasteiger partial charge >= 0.3 is 17.2 Å². The summed E-state index contributed by atoms with van der Waals surface area (Å²) in [4.78, 5) is 23.8. The number of hydrogen-bond acceptors (Lipinski definition) is 12. The Kier molecular flexibility index (Phi) is 4.65. The maximum absolute atomic E-state index is 14.0. The molecule has 11 nitrogen and oxygen atoms in total. The topological polar surface area (TPSA) is 139 Å². The molecule has 0 aromatic heterocycles. The van der Waals surface area contributed by atoms with Gasteiger partial charge in [-0.2, -0.15) is 8.78 Å². The second-order valence-electron chi connectivity index (χ2n) is 9.40. The zero-order chi connectivity index (χ0) is 22.5. The van der Waals surface area contributed by atoms with Crippen LogP contribution in [0.25, 0.3) is 0 Å². The second kappa shape index (κ2) is 6.95. The molecule has 4 saturated carbocycles. The molecule has 32 heavy (non-hydrogen) atoms. The molecule has 0 amide bonds. The van der Waals surface area contributed by atoms with Crippen LogP contribution in [0, 0.1) is 17.8 Å². The molecule has 7 rings (SSSR count). The Hall–Kier alpha value is -1.13. The third-order valence-corrected chi connectivity index (χ3v) is 8.12. The number of hydrogen-bond donors (Lipinski definition) is 2. The number of aliphatic hydroxyl groups is 1. The van der Waals surface area contributed by atoms with Gasteiger partial charge in [-0.25, -0.2) is 14.8 Å². The standard InChI is InChI=1S/C18H20F2O11S/c19-18(20,32-31-30-24)15(23)29-16-3-6-1-7(4-16)17(8(2-6)5-16)27-12-11-10(26-14(12)28-17)9(21)13(22)25-11/h6-12,14,21,24H,1-5H2. The highest BCUT2D eigenvalue weighted by atomic mass is 32.2. The fraction of sp³-hybridized carbons (Fsp3) is 0.889. The summed E-state index contributed by atoms with van der Waals surface area (Å²) in [5.74, 6) is -3.94. The molecule has 0 aromatic carbocycles. The minimum Gasteiger partial charge on any atom is -0.454 e. The van der Waals surface area contributed by atoms with E-state index in [9.17, 15) is 23.5 Å². The minimum absolute atomic E-state index is 0.150. The van der Waals surface area contributed by atoms with E-state index in [1.807, 2.05) is 0 Å². The third-order valence-electron chi connectivity index (χ3n) is 7.62. The van der Waals surface area contributed by atoms with Crippen LogP contribution in [-0.4, -0.2) is 69.7 Å². The molecule has 1 spiro atoms. The lowest BCUT2D eigenvalue weighted by molar-refractivity contribution is -0.433. The molecule has 14 heteroatoms. The van der Waals surface area contributed by atoms with Crippen molar-refractivity contribution in [3.8, 4) is 0 Å². The summed E-state index contributed by atoms with van der Waals surface area (Å²) >= 11 is -0.653. The Balaban J connectivity index is 1.20. The molecule has 2 N–H and O–H groups in total. The summed E-state index contributed by atoms with van der Waals surface area (Å²) in [7, 11) is 0. The van der Waals surface area contributed by atoms with Crippen LogP contribution < -0.4 is 0 Å². The number of aliphatic hydroxyl groups excluding tert-OH is 1. The SMILES string of the molecule is O=C1OC2C3OC4(OC3OC2C1O)C1CC2CC4CC(OC(=O)C(F)(F)SOOO)(C2)C1. The normalized spacial score (nSPS) is 50.6. The molecule has 4 aliphatic carbocycles. The molecule has 3 saturated heterocycles. The van der Waals surface area contributed by atoms with E-state index in [0.29, 0.717) is 19.3 Å². The first kappa shape index (κ1) is 21.4. The summed E-state index contributed by atoms with van der Waals surface area (Å²) in [5, 5.41) is 17.1. The van der Waals surface area contributed by atoms with Gasteiger partial charge in [0.25, 0.3) is 0 Å². The molecular formula is C18H20F2O11S. The van der Waals surface area contributed by atoms with Crippen molar-refractivity contribution in [2.45, 2.75) is 79.5 Å². The van der Waals surface area contributed by atoms with Gasteiger partial charge in [0.2, 0.25) is 0 Å². The van der Waals surface area contributed by atoms with Crippen LogP contribution in [0.1, 0.15) is 32.1 Å². The predicted molar refractivity (Wildman–Crippen MR) is 93.0 cm³/mol. The maximum atomic E-state index is 14.0. The van der Waals surface area contributed by atoms with Gasteiger partial charge in [0.05, 0.1) is 0 Å². The zero-order valence-corrected chi connectivity index (χ0v) is 17.2. The fourth-order valence-electron chi connectivity index (χ4n) is 6.73. The lowest BCUT2D eigenvalue weighted by Gasteiger charge is -2.62. The highest BCUT2D eigenvalue weighted by Crippen LogP contribution is 2.65. The van der Waals surface area contributed by atoms with E-state index in [1.165, 1.54) is 0 Å². The Labute approximate surface area is 183 Å². The van der Waals surface area contributed by atoms with Crippen molar-refractivity contribution < 1.29 is 61.8 Å². The van der Waals surface area contributed by atoms with Crippen LogP contribution in [0.5, 0.6) is 0 Å². The van der Waals surface area contributed by atoms with Crippen LogP contribution in [0.2, 0.25) is 0 Å². The molecule has 7 aliphatic rings. The van der Waals surface area contributed by atoms with Gasteiger partial charge in [0.15, 0.2) is 30.4 Å². The number of halogens is 2. The first-order valence-electron chi connectivity index (χ1n) is 10.3. The Bertz CT molecular complexity index is 826. The van der Waals surface area contributed by atoms with E-state index >= 15 is 0 Å². The highest BCUT2D eigenvalue weighted by molar-refractivity contribution is 7.96. The molecule has 7 unspecified atom stereocenters. The van der Waals surface area contributed by atoms with E-state index in [2.05, 4.69) is 9.37 Å². The summed E-state index contributed by atoms with van der Waals surface area (Å²) in [6.45, 7) is 0. The Morgan fingerprint density at radius 3 is 2.53 bits per heavy atom. The average Bonchev–Trinajstić information content (AvgIpc) is 3.34. The molecule has 3 heterocycles. The smallest absolute Gasteiger partial charge is 0.415 e. The number of rotatable bonds is 5. The van der Waals surface area contributed by atoms with Gasteiger partial charge in [-0.1, -0.05) is 5.04 Å². The Morgan fingerprint density at radius 1 is 1.12 bits per heavy atom. The van der Waals surface area contributed by atoms with E-state index in [4.69, 9.17) is 28.9 Å². The maximum Gasteiger partial charge on any atom is 0.415 e. The van der Waals surface area contributed by atoms with Crippen molar-refractivity contribution >= 4 is 24.0 Å². The number of fused-ring (bicyclic) bond motifs is 3. The minimum atomic E-state index is -4.07. The second-order valence-corrected chi connectivity index (χ2v) is 10.2. The van der Waals surface area contributed by atoms with Gasteiger partial charge < -0.3 is 28.8 Å². The molecule has 0 radical (unpaired) electrons. The number of carbonyl (C=O) groups excluding carboxylic acids is 2. The number of ether oxygens (including phenoxy) is 5. The van der Waals surface area contributed by atoms with Crippen molar-refractivity contribution in [1.29, 1.82) is 0 Å². The summed E-state index contributed by atoms with van der Waals surface area (Å²) < 4.78 is 60.5. The van der Waals surface area contributed by atoms with E-state index in [-0.39, 0.29) is 30.6 Å². The lowest BCUT2D eigenvalue weighted by atomic mass is 9.51. The first-order chi connectivity index (χ1) is 15.2. The zero-order valence-electron chi connectivity index (χ0n) is 16.4. The molecule has 3 aliphatic heterocycles. The van der Waals surface area contributed by atoms with Crippen LogP contribution in [0.15, 0.2) is 0 Å². The van der Waals surface area contributed by atoms with Gasteiger partial charge in [-0.15, -0.1) is 4.33 Å². The third kappa shape index (κ3) is 2.90. The van der Waals surface area contributed by atoms with E-state index < -0.39 is 71.3 Å². The average molecular weight is 482 g/mol. The van der Waals surface area contributed by atoms with Crippen molar-refractivity contribution in [1.82, 2.24) is 0 Å². The van der Waals surface area contributed by atoms with Gasteiger partial charge in [0.1, 0.15) is 23.7 Å². The van der Waals surface area contributed by atoms with Gasteiger partial charge in [-0.3, -0.25) is 0 Å². The van der Waals surface area contributed by atoms with Crippen molar-refractivity contribution in [2.75, 3.05) is 0 Å². The molecular weight excluding hydrogens is 462 g/mol. The highest BCUT2D eigenvalue weighted by Gasteiger charge is 2.73. The number of alkyl halides is 2. The lowest BCUT2D eigenvalue weighted by Crippen LogP contribution is -2.66. The fourth-order valence-corrected chi connectivity index (χ4v) is 6.96. The number of esters is 2. The largest absolute Gasteiger partial charge is 0.454 e. The first-order valence-corrected chi connectivity index (χ1v) is 11.1. The molecule has 7 atom stereocenters. The van der Waals surface area contributed by atoms with Gasteiger partial charge in [0, 0.05) is 11.8 Å². The van der Waals surface area contributed by atoms with Crippen LogP contribution in [0.3, 0.4) is 0 Å². The van der Waals surface area contributed by atoms with Gasteiger partial charge in [-0.05, 0) is 38.0 Å². The van der Waals surface area contributed by atoms with E-state index in [0.717, 1.165) is 0 Å². The number of carbonyl (C=O) groups is 2. The molecule has 178 valence electrons. The van der Waals surface area contributed by atoms with Crippen LogP contribution in [0.4, 0.5) is 8.78 Å². The van der Waals surface area contributed by atoms with Crippen molar-refractivity contribution in [3.63, 3.8) is 0 Å². The predicted octanol–water partition coefficient (Wildman–Crippen LogP) is 0.893. The van der Waals surface area contributed by atoms with Crippen LogP contribution >= 0.6 is 12.0 Å². The van der Waals surface area contributed by atoms with Crippen LogP contribution in [-0.2, 0) is 42.6 Å². The summed E-state index contributed by atoms with van der Waals surface area (Å²) in [6.07, 6.45) is -2.16. The van der Waals surface area contributed by atoms with E-state index in [1.54, 1.807) is 0 Å². The van der Waals surface area contributed by atoms with Crippen molar-refractivity contribution in [3.05, 3.63) is 0 Å². The van der Waals surface area contributed by atoms with Crippen molar-refractivity contribution in [2.24, 2.45) is 17.8 Å². The quantitative estimate of drug-likeness (QED) is 0.249. The molecule has 4 bridgehead atoms. The summed E-state index contributed by atoms with van der Waals surface area (Å²) in [5.41, 5.74) is -1.09. The monoisotopic (exact) mass is 482 g/mol.